The van der Waals surface area contributed by atoms with Gasteiger partial charge in [-0.15, -0.1) is 0 Å². The molecule has 5 heteroatoms. The van der Waals surface area contributed by atoms with Crippen LogP contribution in [0.1, 0.15) is 26.7 Å². The fraction of sp³-hybridized carbons (Fsp3) is 0.600. The van der Waals surface area contributed by atoms with Crippen molar-refractivity contribution < 1.29 is 4.74 Å². The van der Waals surface area contributed by atoms with Crippen molar-refractivity contribution in [2.45, 2.75) is 26.7 Å². The Balaban J connectivity index is 2.43. The Hall–Kier alpha value is -1.36. The van der Waals surface area contributed by atoms with E-state index in [9.17, 15) is 0 Å². The molecular formula is C10H18N4O. The molecule has 1 aromatic rings. The highest BCUT2D eigenvalue weighted by molar-refractivity contribution is 5.35. The van der Waals surface area contributed by atoms with Gasteiger partial charge in [-0.1, -0.05) is 20.3 Å². The van der Waals surface area contributed by atoms with Crippen LogP contribution in [0.15, 0.2) is 12.4 Å². The zero-order chi connectivity index (χ0) is 11.1. The molecule has 0 bridgehead atoms. The summed E-state index contributed by atoms with van der Waals surface area (Å²) in [5, 5.41) is 0. The summed E-state index contributed by atoms with van der Waals surface area (Å²) in [6.45, 7) is 5.00. The first-order chi connectivity index (χ1) is 7.26. The van der Waals surface area contributed by atoms with E-state index in [1.165, 1.54) is 12.7 Å². The van der Waals surface area contributed by atoms with Crippen LogP contribution in [0, 0.1) is 5.92 Å². The van der Waals surface area contributed by atoms with Crippen LogP contribution in [0.5, 0.6) is 5.88 Å². The lowest BCUT2D eigenvalue weighted by Gasteiger charge is -2.11. The molecule has 0 aromatic carbocycles. The maximum Gasteiger partial charge on any atom is 0.218 e. The van der Waals surface area contributed by atoms with Crippen molar-refractivity contribution in [3.05, 3.63) is 12.4 Å². The molecule has 0 spiro atoms. The summed E-state index contributed by atoms with van der Waals surface area (Å²) in [4.78, 5) is 7.88. The minimum Gasteiger partial charge on any atom is -0.477 e. The Morgan fingerprint density at radius 1 is 1.53 bits per heavy atom. The molecule has 1 aromatic heterocycles. The molecule has 0 aliphatic rings. The van der Waals surface area contributed by atoms with Crippen LogP contribution in [0.25, 0.3) is 0 Å². The summed E-state index contributed by atoms with van der Waals surface area (Å²) in [6.07, 6.45) is 3.76. The predicted molar refractivity (Wildman–Crippen MR) is 59.4 cm³/mol. The molecule has 0 aliphatic carbocycles. The van der Waals surface area contributed by atoms with Gasteiger partial charge in [-0.05, 0) is 12.3 Å². The van der Waals surface area contributed by atoms with Gasteiger partial charge in [0.15, 0.2) is 0 Å². The third-order valence-electron chi connectivity index (χ3n) is 2.09. The fourth-order valence-electron chi connectivity index (χ4n) is 1.30. The maximum atomic E-state index is 5.52. The van der Waals surface area contributed by atoms with Crippen LogP contribution in [0.2, 0.25) is 0 Å². The molecule has 1 rings (SSSR count). The van der Waals surface area contributed by atoms with Gasteiger partial charge in [0, 0.05) is 6.07 Å². The van der Waals surface area contributed by atoms with Gasteiger partial charge in [-0.2, -0.15) is 0 Å². The Morgan fingerprint density at radius 3 is 3.00 bits per heavy atom. The molecule has 0 amide bonds. The summed E-state index contributed by atoms with van der Waals surface area (Å²) in [6, 6.07) is 1.68. The largest absolute Gasteiger partial charge is 0.477 e. The average Bonchev–Trinajstić information content (AvgIpc) is 2.27. The summed E-state index contributed by atoms with van der Waals surface area (Å²) in [5.74, 6) is 6.88. The van der Waals surface area contributed by atoms with Gasteiger partial charge in [-0.3, -0.25) is 0 Å². The molecule has 0 saturated carbocycles. The Morgan fingerprint density at radius 2 is 2.33 bits per heavy atom. The average molecular weight is 210 g/mol. The minimum absolute atomic E-state index is 0.541. The van der Waals surface area contributed by atoms with E-state index in [2.05, 4.69) is 29.2 Å². The van der Waals surface area contributed by atoms with E-state index in [4.69, 9.17) is 10.6 Å². The Bertz CT molecular complexity index is 293. The molecule has 0 saturated heterocycles. The first kappa shape index (κ1) is 11.7. The third-order valence-corrected chi connectivity index (χ3v) is 2.09. The maximum absolute atomic E-state index is 5.52. The molecule has 0 fully saturated rings. The van der Waals surface area contributed by atoms with Crippen molar-refractivity contribution in [1.29, 1.82) is 0 Å². The second kappa shape index (κ2) is 6.19. The number of hydrazine groups is 1. The molecule has 84 valence electrons. The van der Waals surface area contributed by atoms with E-state index in [0.29, 0.717) is 24.2 Å². The molecule has 5 nitrogen and oxygen atoms in total. The first-order valence-electron chi connectivity index (χ1n) is 5.17. The lowest BCUT2D eigenvalue weighted by molar-refractivity contribution is 0.243. The smallest absolute Gasteiger partial charge is 0.218 e. The topological polar surface area (TPSA) is 73.1 Å². The number of aromatic nitrogens is 2. The van der Waals surface area contributed by atoms with Crippen molar-refractivity contribution in [2.24, 2.45) is 11.8 Å². The lowest BCUT2D eigenvalue weighted by Crippen LogP contribution is -2.11. The molecule has 3 N–H and O–H groups in total. The second-order valence-corrected chi connectivity index (χ2v) is 3.59. The summed E-state index contributed by atoms with van der Waals surface area (Å²) >= 11 is 0. The number of anilines is 1. The van der Waals surface area contributed by atoms with E-state index in [1.54, 1.807) is 6.07 Å². The van der Waals surface area contributed by atoms with Gasteiger partial charge in [0.05, 0.1) is 6.61 Å². The predicted octanol–water partition coefficient (Wildman–Crippen LogP) is 1.58. The van der Waals surface area contributed by atoms with Gasteiger partial charge in [0.2, 0.25) is 5.88 Å². The third kappa shape index (κ3) is 4.12. The van der Waals surface area contributed by atoms with Crippen molar-refractivity contribution in [3.8, 4) is 5.88 Å². The van der Waals surface area contributed by atoms with E-state index in [1.807, 2.05) is 0 Å². The van der Waals surface area contributed by atoms with Gasteiger partial charge >= 0.3 is 0 Å². The number of nitrogens with one attached hydrogen (secondary N) is 1. The fourth-order valence-corrected chi connectivity index (χ4v) is 1.30. The SMILES string of the molecule is CCCC(C)COc1cc(NN)ncn1. The van der Waals surface area contributed by atoms with Crippen LogP contribution < -0.4 is 16.0 Å². The zero-order valence-corrected chi connectivity index (χ0v) is 9.23. The van der Waals surface area contributed by atoms with E-state index in [0.717, 1.165) is 6.42 Å². The van der Waals surface area contributed by atoms with Crippen LogP contribution >= 0.6 is 0 Å². The molecule has 0 radical (unpaired) electrons. The lowest BCUT2D eigenvalue weighted by atomic mass is 10.1. The highest BCUT2D eigenvalue weighted by atomic mass is 16.5. The highest BCUT2D eigenvalue weighted by Crippen LogP contribution is 2.12. The van der Waals surface area contributed by atoms with Crippen LogP contribution in [0.3, 0.4) is 0 Å². The minimum atomic E-state index is 0.541. The van der Waals surface area contributed by atoms with E-state index >= 15 is 0 Å². The van der Waals surface area contributed by atoms with Crippen molar-refractivity contribution in [3.63, 3.8) is 0 Å². The van der Waals surface area contributed by atoms with E-state index in [-0.39, 0.29) is 0 Å². The zero-order valence-electron chi connectivity index (χ0n) is 9.23. The quantitative estimate of drug-likeness (QED) is 0.551. The summed E-state index contributed by atoms with van der Waals surface area (Å²) in [7, 11) is 0. The number of nitrogen functional groups attached to an aromatic ring is 1. The monoisotopic (exact) mass is 210 g/mol. The highest BCUT2D eigenvalue weighted by Gasteiger charge is 2.03. The van der Waals surface area contributed by atoms with Gasteiger partial charge < -0.3 is 10.2 Å². The Labute approximate surface area is 90.0 Å². The normalized spacial score (nSPS) is 12.2. The van der Waals surface area contributed by atoms with Gasteiger partial charge in [0.25, 0.3) is 0 Å². The molecular weight excluding hydrogens is 192 g/mol. The second-order valence-electron chi connectivity index (χ2n) is 3.59. The van der Waals surface area contributed by atoms with Gasteiger partial charge in [-0.25, -0.2) is 15.8 Å². The number of nitrogens with zero attached hydrogens (tertiary/aromatic N) is 2. The first-order valence-corrected chi connectivity index (χ1v) is 5.17. The summed E-state index contributed by atoms with van der Waals surface area (Å²) < 4.78 is 5.52. The summed E-state index contributed by atoms with van der Waals surface area (Å²) in [5.41, 5.74) is 2.45. The molecule has 1 unspecified atom stereocenters. The van der Waals surface area contributed by atoms with Crippen LogP contribution in [-0.4, -0.2) is 16.6 Å². The molecule has 1 atom stereocenters. The molecule has 0 aliphatic heterocycles. The van der Waals surface area contributed by atoms with Crippen LogP contribution in [0.4, 0.5) is 5.82 Å². The van der Waals surface area contributed by atoms with E-state index < -0.39 is 0 Å². The van der Waals surface area contributed by atoms with Crippen LogP contribution in [-0.2, 0) is 0 Å². The molecule has 15 heavy (non-hydrogen) atoms. The number of hydrogen-bond acceptors (Lipinski definition) is 5. The standard InChI is InChI=1S/C10H18N4O/c1-3-4-8(2)6-15-10-5-9(14-11)12-7-13-10/h5,7-8H,3-4,6,11H2,1-2H3,(H,12,13,14). The van der Waals surface area contributed by atoms with Crippen molar-refractivity contribution >= 4 is 5.82 Å². The van der Waals surface area contributed by atoms with Crippen molar-refractivity contribution in [2.75, 3.05) is 12.0 Å². The number of rotatable bonds is 6. The van der Waals surface area contributed by atoms with Gasteiger partial charge in [0.1, 0.15) is 12.1 Å². The number of nitrogens with two attached hydrogens (primary N) is 1. The number of ether oxygens (including phenoxy) is 1. The molecule has 1 heterocycles. The Kier molecular flexibility index (Phi) is 4.83. The van der Waals surface area contributed by atoms with Crippen molar-refractivity contribution in [1.82, 2.24) is 9.97 Å². The number of hydrogen-bond donors (Lipinski definition) is 2.